The fourth-order valence-electron chi connectivity index (χ4n) is 1.24. The van der Waals surface area contributed by atoms with Crippen LogP contribution in [0, 0.1) is 0 Å². The van der Waals surface area contributed by atoms with E-state index in [0.29, 0.717) is 0 Å². The maximum absolute atomic E-state index is 3.99. The zero-order valence-electron chi connectivity index (χ0n) is 8.33. The Balaban J connectivity index is 0.000000461. The topological polar surface area (TPSA) is 0 Å². The van der Waals surface area contributed by atoms with Crippen LogP contribution in [0.5, 0.6) is 0 Å². The van der Waals surface area contributed by atoms with Gasteiger partial charge >= 0.3 is 0 Å². The Morgan fingerprint density at radius 1 is 1.09 bits per heavy atom. The van der Waals surface area contributed by atoms with Gasteiger partial charge in [0.1, 0.15) is 0 Å². The van der Waals surface area contributed by atoms with E-state index in [-0.39, 0.29) is 0 Å². The van der Waals surface area contributed by atoms with Crippen molar-refractivity contribution in [1.29, 1.82) is 0 Å². The maximum atomic E-state index is 3.99. The van der Waals surface area contributed by atoms with E-state index in [4.69, 9.17) is 0 Å². The summed E-state index contributed by atoms with van der Waals surface area (Å²) in [5.74, 6) is 0. The molecule has 0 spiro atoms. The highest BCUT2D eigenvalue weighted by atomic mass is 14.1. The molecule has 0 saturated heterocycles. The van der Waals surface area contributed by atoms with Crippen LogP contribution >= 0.6 is 0 Å². The van der Waals surface area contributed by atoms with Gasteiger partial charge in [0, 0.05) is 0 Å². The van der Waals surface area contributed by atoms with E-state index < -0.39 is 0 Å². The van der Waals surface area contributed by atoms with Crippen molar-refractivity contribution >= 4 is 0 Å². The molecule has 0 heteroatoms. The fraction of sp³-hybridized carbons (Fsp3) is 0.636. The van der Waals surface area contributed by atoms with Crippen LogP contribution in [0.15, 0.2) is 23.3 Å². The summed E-state index contributed by atoms with van der Waals surface area (Å²) in [5, 5.41) is 0. The molecule has 0 atom stereocenters. The average Bonchev–Trinajstić information content (AvgIpc) is 2.04. The zero-order valence-corrected chi connectivity index (χ0v) is 8.33. The molecule has 0 unspecified atom stereocenters. The molecule has 1 aliphatic rings. The molecule has 11 heavy (non-hydrogen) atoms. The Morgan fingerprint density at radius 2 is 1.64 bits per heavy atom. The summed E-state index contributed by atoms with van der Waals surface area (Å²) in [6.07, 6.45) is 3.80. The number of allylic oxidation sites excluding steroid dienone is 3. The second-order valence-corrected chi connectivity index (χ2v) is 2.86. The van der Waals surface area contributed by atoms with Gasteiger partial charge in [-0.1, -0.05) is 31.6 Å². The van der Waals surface area contributed by atoms with Crippen LogP contribution < -0.4 is 0 Å². The molecule has 0 heterocycles. The molecule has 0 aromatic heterocycles. The standard InChI is InChI=1S/C9H14.C2H6/c1-7-5-4-6-8(2)9(7)3;1-2/h1,4-6H2,2-3H3;1-2H3. The molecule has 0 aromatic rings. The largest absolute Gasteiger partial charge is 0.0956 e. The molecule has 0 N–H and O–H groups in total. The van der Waals surface area contributed by atoms with E-state index in [1.807, 2.05) is 13.8 Å². The van der Waals surface area contributed by atoms with Gasteiger partial charge in [-0.05, 0) is 38.7 Å². The van der Waals surface area contributed by atoms with Crippen LogP contribution in [-0.4, -0.2) is 0 Å². The maximum Gasteiger partial charge on any atom is -0.0279 e. The molecule has 0 radical (unpaired) electrons. The molecule has 0 aromatic carbocycles. The van der Waals surface area contributed by atoms with E-state index in [9.17, 15) is 0 Å². The molecule has 0 aliphatic heterocycles. The third-order valence-corrected chi connectivity index (χ3v) is 2.20. The molecule has 0 fully saturated rings. The first-order valence-electron chi connectivity index (χ1n) is 4.56. The minimum absolute atomic E-state index is 1.21. The van der Waals surface area contributed by atoms with Crippen molar-refractivity contribution in [3.05, 3.63) is 23.3 Å². The minimum atomic E-state index is 1.21. The number of hydrogen-bond acceptors (Lipinski definition) is 0. The van der Waals surface area contributed by atoms with Crippen LogP contribution in [0.25, 0.3) is 0 Å². The molecule has 1 rings (SSSR count). The first-order chi connectivity index (χ1) is 5.22. The Bertz CT molecular complexity index is 161. The summed E-state index contributed by atoms with van der Waals surface area (Å²) >= 11 is 0. The summed E-state index contributed by atoms with van der Waals surface area (Å²) in [4.78, 5) is 0. The van der Waals surface area contributed by atoms with Crippen LogP contribution in [-0.2, 0) is 0 Å². The Hall–Kier alpha value is -0.520. The normalized spacial score (nSPS) is 17.6. The lowest BCUT2D eigenvalue weighted by atomic mass is 9.90. The van der Waals surface area contributed by atoms with Gasteiger partial charge in [0.15, 0.2) is 0 Å². The quantitative estimate of drug-likeness (QED) is 0.490. The van der Waals surface area contributed by atoms with E-state index in [1.165, 1.54) is 36.0 Å². The van der Waals surface area contributed by atoms with Gasteiger partial charge in [0.25, 0.3) is 0 Å². The van der Waals surface area contributed by atoms with Gasteiger partial charge in [-0.25, -0.2) is 0 Å². The van der Waals surface area contributed by atoms with E-state index in [0.717, 1.165) is 0 Å². The van der Waals surface area contributed by atoms with Gasteiger partial charge in [-0.15, -0.1) is 0 Å². The van der Waals surface area contributed by atoms with E-state index >= 15 is 0 Å². The number of hydrogen-bond donors (Lipinski definition) is 0. The second-order valence-electron chi connectivity index (χ2n) is 2.86. The molecule has 64 valence electrons. The van der Waals surface area contributed by atoms with Crippen LogP contribution in [0.4, 0.5) is 0 Å². The first kappa shape index (κ1) is 10.5. The van der Waals surface area contributed by atoms with Crippen molar-refractivity contribution in [2.75, 3.05) is 0 Å². The van der Waals surface area contributed by atoms with Gasteiger partial charge in [0.05, 0.1) is 0 Å². The summed E-state index contributed by atoms with van der Waals surface area (Å²) in [7, 11) is 0. The highest BCUT2D eigenvalue weighted by Crippen LogP contribution is 2.26. The summed E-state index contributed by atoms with van der Waals surface area (Å²) in [6.45, 7) is 12.4. The van der Waals surface area contributed by atoms with Crippen molar-refractivity contribution in [2.45, 2.75) is 47.0 Å². The van der Waals surface area contributed by atoms with Crippen LogP contribution in [0.2, 0.25) is 0 Å². The predicted octanol–water partition coefficient (Wildman–Crippen LogP) is 4.09. The SMILES string of the molecule is C=C1CCCC(C)=C1C.CC. The van der Waals surface area contributed by atoms with Gasteiger partial charge in [-0.2, -0.15) is 0 Å². The third-order valence-electron chi connectivity index (χ3n) is 2.20. The average molecular weight is 152 g/mol. The molecular formula is C11H20. The lowest BCUT2D eigenvalue weighted by Crippen LogP contribution is -1.96. The highest BCUT2D eigenvalue weighted by Gasteiger charge is 2.07. The second kappa shape index (κ2) is 5.17. The van der Waals surface area contributed by atoms with Crippen molar-refractivity contribution in [3.63, 3.8) is 0 Å². The Morgan fingerprint density at radius 3 is 2.00 bits per heavy atom. The third kappa shape index (κ3) is 2.92. The zero-order chi connectivity index (χ0) is 8.85. The molecular weight excluding hydrogens is 132 g/mol. The van der Waals surface area contributed by atoms with Crippen molar-refractivity contribution < 1.29 is 0 Å². The molecule has 0 bridgehead atoms. The number of rotatable bonds is 0. The Labute approximate surface area is 71.0 Å². The predicted molar refractivity (Wildman–Crippen MR) is 52.7 cm³/mol. The van der Waals surface area contributed by atoms with E-state index in [1.54, 1.807) is 0 Å². The highest BCUT2D eigenvalue weighted by molar-refractivity contribution is 5.33. The molecule has 0 amide bonds. The van der Waals surface area contributed by atoms with Crippen molar-refractivity contribution in [2.24, 2.45) is 0 Å². The lowest BCUT2D eigenvalue weighted by Gasteiger charge is -2.16. The van der Waals surface area contributed by atoms with Gasteiger partial charge in [0.2, 0.25) is 0 Å². The Kier molecular flexibility index (Phi) is 4.93. The fourth-order valence-corrected chi connectivity index (χ4v) is 1.24. The summed E-state index contributed by atoms with van der Waals surface area (Å²) < 4.78 is 0. The molecule has 0 saturated carbocycles. The lowest BCUT2D eigenvalue weighted by molar-refractivity contribution is 0.765. The smallest absolute Gasteiger partial charge is 0.0279 e. The molecule has 0 nitrogen and oxygen atoms in total. The summed E-state index contributed by atoms with van der Waals surface area (Å²) in [6, 6.07) is 0. The van der Waals surface area contributed by atoms with Gasteiger partial charge in [-0.3, -0.25) is 0 Å². The van der Waals surface area contributed by atoms with Crippen LogP contribution in [0.1, 0.15) is 47.0 Å². The van der Waals surface area contributed by atoms with Crippen molar-refractivity contribution in [3.8, 4) is 0 Å². The minimum Gasteiger partial charge on any atom is -0.0956 e. The first-order valence-corrected chi connectivity index (χ1v) is 4.56. The van der Waals surface area contributed by atoms with Crippen molar-refractivity contribution in [1.82, 2.24) is 0 Å². The monoisotopic (exact) mass is 152 g/mol. The van der Waals surface area contributed by atoms with E-state index in [2.05, 4.69) is 20.4 Å². The van der Waals surface area contributed by atoms with Crippen LogP contribution in [0.3, 0.4) is 0 Å². The van der Waals surface area contributed by atoms with Gasteiger partial charge < -0.3 is 0 Å². The molecule has 1 aliphatic carbocycles. The summed E-state index contributed by atoms with van der Waals surface area (Å²) in [5.41, 5.74) is 4.33.